The monoisotopic (exact) mass is 547 g/mol. The van der Waals surface area contributed by atoms with Gasteiger partial charge in [-0.15, -0.1) is 10.2 Å². The zero-order valence-electron chi connectivity index (χ0n) is 20.1. The van der Waals surface area contributed by atoms with Crippen LogP contribution in [0.4, 0.5) is 20.8 Å². The summed E-state index contributed by atoms with van der Waals surface area (Å²) in [7, 11) is 1.94. The first-order valence-corrected chi connectivity index (χ1v) is 12.3. The lowest BCUT2D eigenvalue weighted by Crippen LogP contribution is -2.66. The van der Waals surface area contributed by atoms with E-state index in [1.165, 1.54) is 18.2 Å². The number of aromatic nitrogens is 2. The molecule has 0 aliphatic carbocycles. The molecule has 0 spiro atoms. The first kappa shape index (κ1) is 26.7. The van der Waals surface area contributed by atoms with Crippen molar-refractivity contribution in [2.45, 2.75) is 6.42 Å². The van der Waals surface area contributed by atoms with Crippen LogP contribution in [0.3, 0.4) is 0 Å². The lowest BCUT2D eigenvalue weighted by atomic mass is 10.1. The largest absolute Gasteiger partial charge is 0.489 e. The van der Waals surface area contributed by atoms with Crippen molar-refractivity contribution in [3.8, 4) is 5.75 Å². The molecule has 1 fully saturated rings. The number of quaternary nitrogens is 1. The van der Waals surface area contributed by atoms with Crippen LogP contribution in [0, 0.1) is 5.82 Å². The number of imide groups is 1. The number of nitrogens with two attached hydrogens (primary N) is 1. The van der Waals surface area contributed by atoms with Crippen LogP contribution in [0.2, 0.25) is 10.0 Å². The van der Waals surface area contributed by atoms with Gasteiger partial charge in [-0.05, 0) is 36.9 Å². The van der Waals surface area contributed by atoms with Crippen LogP contribution in [-0.4, -0.2) is 71.4 Å². The molecule has 1 saturated heterocycles. The quantitative estimate of drug-likeness (QED) is 0.350. The van der Waals surface area contributed by atoms with Crippen LogP contribution in [0.15, 0.2) is 48.5 Å². The SMILES string of the molecule is CN1CC[N+](C(=O)Nc2cc(OCCc3c(Cl)ccc(F)c3Cl)c(N)nn2)(C(=O)c2ccccc2)CC1. The molecular formula is C25H26Cl2FN6O3+. The molecule has 1 aliphatic heterocycles. The van der Waals surface area contributed by atoms with Gasteiger partial charge < -0.3 is 10.5 Å². The number of carbonyl (C=O) groups is 2. The normalized spacial score (nSPS) is 15.2. The van der Waals surface area contributed by atoms with Gasteiger partial charge in [0.1, 0.15) is 18.9 Å². The number of hydrogen-bond donors (Lipinski definition) is 2. The van der Waals surface area contributed by atoms with E-state index in [4.69, 9.17) is 33.7 Å². The Bertz CT molecular complexity index is 1300. The van der Waals surface area contributed by atoms with Crippen molar-refractivity contribution in [2.75, 3.05) is 50.9 Å². The van der Waals surface area contributed by atoms with Gasteiger partial charge >= 0.3 is 11.9 Å². The van der Waals surface area contributed by atoms with Crippen LogP contribution in [0.5, 0.6) is 5.75 Å². The summed E-state index contributed by atoms with van der Waals surface area (Å²) in [5.41, 5.74) is 6.75. The maximum absolute atomic E-state index is 13.8. The molecule has 0 unspecified atom stereocenters. The molecule has 0 atom stereocenters. The van der Waals surface area contributed by atoms with Crippen LogP contribution in [0.1, 0.15) is 15.9 Å². The molecule has 0 radical (unpaired) electrons. The van der Waals surface area contributed by atoms with Crippen molar-refractivity contribution in [2.24, 2.45) is 0 Å². The van der Waals surface area contributed by atoms with E-state index >= 15 is 0 Å². The fourth-order valence-corrected chi connectivity index (χ4v) is 4.63. The fraction of sp³-hybridized carbons (Fsp3) is 0.280. The lowest BCUT2D eigenvalue weighted by Gasteiger charge is -2.38. The predicted octanol–water partition coefficient (Wildman–Crippen LogP) is 4.26. The number of rotatable bonds is 6. The van der Waals surface area contributed by atoms with Gasteiger partial charge in [-0.2, -0.15) is 4.48 Å². The Morgan fingerprint density at radius 3 is 2.54 bits per heavy atom. The number of nitrogens with one attached hydrogen (secondary N) is 1. The number of nitrogen functional groups attached to an aromatic ring is 1. The predicted molar refractivity (Wildman–Crippen MR) is 139 cm³/mol. The Morgan fingerprint density at radius 2 is 1.84 bits per heavy atom. The van der Waals surface area contributed by atoms with Crippen molar-refractivity contribution in [3.05, 3.63) is 75.5 Å². The Labute approximate surface area is 223 Å². The van der Waals surface area contributed by atoms with Gasteiger partial charge in [0.15, 0.2) is 17.4 Å². The maximum atomic E-state index is 13.8. The van der Waals surface area contributed by atoms with E-state index in [1.54, 1.807) is 24.3 Å². The van der Waals surface area contributed by atoms with Gasteiger partial charge in [0.25, 0.3) is 0 Å². The van der Waals surface area contributed by atoms with E-state index in [2.05, 4.69) is 20.4 Å². The number of urea groups is 1. The minimum Gasteiger partial charge on any atom is -0.489 e. The second-order valence-electron chi connectivity index (χ2n) is 8.72. The smallest absolute Gasteiger partial charge is 0.430 e. The van der Waals surface area contributed by atoms with Crippen LogP contribution in [-0.2, 0) is 6.42 Å². The second-order valence-corrected chi connectivity index (χ2v) is 9.50. The number of likely N-dealkylation sites (N-methyl/N-ethyl adjacent to an activating group) is 1. The van der Waals surface area contributed by atoms with E-state index in [9.17, 15) is 14.0 Å². The van der Waals surface area contributed by atoms with Gasteiger partial charge in [-0.3, -0.25) is 10.2 Å². The van der Waals surface area contributed by atoms with Crippen molar-refractivity contribution in [1.82, 2.24) is 15.1 Å². The molecule has 0 bridgehead atoms. The average molecular weight is 548 g/mol. The average Bonchev–Trinajstić information content (AvgIpc) is 2.90. The second kappa shape index (κ2) is 11.4. The highest BCUT2D eigenvalue weighted by Crippen LogP contribution is 2.29. The zero-order chi connectivity index (χ0) is 26.6. The molecule has 0 saturated carbocycles. The van der Waals surface area contributed by atoms with E-state index in [1.807, 2.05) is 13.1 Å². The van der Waals surface area contributed by atoms with E-state index in [-0.39, 0.29) is 41.3 Å². The third-order valence-corrected chi connectivity index (χ3v) is 7.06. The molecule has 2 heterocycles. The summed E-state index contributed by atoms with van der Waals surface area (Å²) in [5.74, 6) is -0.642. The summed E-state index contributed by atoms with van der Waals surface area (Å²) in [5, 5.41) is 10.8. The molecule has 4 rings (SSSR count). The standard InChI is InChI=1S/C25H25Cl2FN6O3/c1-33-10-12-34(13-11-33,24(35)16-5-3-2-4-6-16)25(36)30-21-15-20(23(29)32-31-21)37-14-9-17-18(26)7-8-19(28)22(17)27/h2-8,15H,9-14H2,1H3,(H2-,29,30,31,32,36)/p+1. The number of halogens is 3. The number of hydrogen-bond acceptors (Lipinski definition) is 7. The molecule has 37 heavy (non-hydrogen) atoms. The Hall–Kier alpha value is -3.31. The molecule has 12 heteroatoms. The molecule has 1 aromatic heterocycles. The van der Waals surface area contributed by atoms with Gasteiger partial charge in [0.05, 0.1) is 17.2 Å². The van der Waals surface area contributed by atoms with Crippen molar-refractivity contribution in [3.63, 3.8) is 0 Å². The number of carbonyl (C=O) groups excluding carboxylic acids is 2. The summed E-state index contributed by atoms with van der Waals surface area (Å²) in [6.45, 7) is 1.80. The summed E-state index contributed by atoms with van der Waals surface area (Å²) in [6, 6.07) is 12.2. The lowest BCUT2D eigenvalue weighted by molar-refractivity contribution is -0.770. The highest BCUT2D eigenvalue weighted by Gasteiger charge is 2.47. The molecule has 194 valence electrons. The Morgan fingerprint density at radius 1 is 1.14 bits per heavy atom. The fourth-order valence-electron chi connectivity index (χ4n) is 4.07. The van der Waals surface area contributed by atoms with Gasteiger partial charge in [-0.1, -0.05) is 41.4 Å². The molecule has 1 aliphatic rings. The molecule has 2 aromatic carbocycles. The maximum Gasteiger partial charge on any atom is 0.430 e. The van der Waals surface area contributed by atoms with Gasteiger partial charge in [-0.25, -0.2) is 14.0 Å². The molecule has 9 nitrogen and oxygen atoms in total. The highest BCUT2D eigenvalue weighted by atomic mass is 35.5. The number of amides is 3. The molecular weight excluding hydrogens is 522 g/mol. The molecule has 3 N–H and O–H groups in total. The van der Waals surface area contributed by atoms with E-state index in [0.29, 0.717) is 42.3 Å². The minimum absolute atomic E-state index is 0.00158. The number of nitrogens with zero attached hydrogens (tertiary/aromatic N) is 4. The Kier molecular flexibility index (Phi) is 8.23. The molecule has 3 amide bonds. The number of anilines is 2. The summed E-state index contributed by atoms with van der Waals surface area (Å²) in [4.78, 5) is 29.1. The zero-order valence-corrected chi connectivity index (χ0v) is 21.6. The first-order valence-electron chi connectivity index (χ1n) is 11.6. The highest BCUT2D eigenvalue weighted by molar-refractivity contribution is 6.36. The topological polar surface area (TPSA) is 110 Å². The van der Waals surface area contributed by atoms with Crippen molar-refractivity contribution in [1.29, 1.82) is 0 Å². The van der Waals surface area contributed by atoms with Crippen LogP contribution in [0.25, 0.3) is 0 Å². The van der Waals surface area contributed by atoms with Crippen molar-refractivity contribution < 1.29 is 23.2 Å². The van der Waals surface area contributed by atoms with Crippen molar-refractivity contribution >= 4 is 46.8 Å². The van der Waals surface area contributed by atoms with E-state index in [0.717, 1.165) is 0 Å². The number of benzene rings is 2. The third-order valence-electron chi connectivity index (χ3n) is 6.29. The number of ether oxygens (including phenoxy) is 1. The van der Waals surface area contributed by atoms with Crippen LogP contribution >= 0.6 is 23.2 Å². The molecule has 3 aromatic rings. The summed E-state index contributed by atoms with van der Waals surface area (Å²) in [6.07, 6.45) is 0.206. The Balaban J connectivity index is 1.50. The first-order chi connectivity index (χ1) is 17.7. The summed E-state index contributed by atoms with van der Waals surface area (Å²) >= 11 is 12.1. The minimum atomic E-state index is -0.581. The van der Waals surface area contributed by atoms with E-state index < -0.39 is 16.3 Å². The van der Waals surface area contributed by atoms with Crippen LogP contribution < -0.4 is 15.8 Å². The summed E-state index contributed by atoms with van der Waals surface area (Å²) < 4.78 is 19.1. The third kappa shape index (κ3) is 5.83. The van der Waals surface area contributed by atoms with Gasteiger partial charge in [0.2, 0.25) is 0 Å². The number of piperazine rings is 1. The van der Waals surface area contributed by atoms with Gasteiger partial charge in [0, 0.05) is 30.6 Å².